The molecule has 3 aromatic carbocycles. The van der Waals surface area contributed by atoms with Crippen molar-refractivity contribution in [2.24, 2.45) is 20.5 Å². The van der Waals surface area contributed by atoms with Crippen molar-refractivity contribution in [3.63, 3.8) is 0 Å². The van der Waals surface area contributed by atoms with Gasteiger partial charge in [-0.15, -0.1) is 5.11 Å². The van der Waals surface area contributed by atoms with Crippen molar-refractivity contribution >= 4 is 32.9 Å². The number of nitrogens with zero attached hydrogens (tertiary/aromatic N) is 4. The first-order valence-electron chi connectivity index (χ1n) is 9.47. The van der Waals surface area contributed by atoms with E-state index in [1.807, 2.05) is 6.92 Å². The van der Waals surface area contributed by atoms with Gasteiger partial charge < -0.3 is 9.47 Å². The molecule has 0 aromatic heterocycles. The molecule has 10 heteroatoms. The second-order valence-corrected chi connectivity index (χ2v) is 8.25. The van der Waals surface area contributed by atoms with E-state index in [4.69, 9.17) is 14.0 Å². The molecule has 0 atom stereocenters. The summed E-state index contributed by atoms with van der Waals surface area (Å²) in [6.45, 7) is 1.87. The van der Waals surface area contributed by atoms with E-state index in [1.165, 1.54) is 7.11 Å². The molecule has 0 saturated carbocycles. The van der Waals surface area contributed by atoms with Gasteiger partial charge >= 0.3 is 0 Å². The lowest BCUT2D eigenvalue weighted by Crippen LogP contribution is -2.00. The fraction of sp³-hybridized carbons (Fsp3) is 0.182. The van der Waals surface area contributed by atoms with E-state index >= 15 is 0 Å². The SMILES string of the molecule is COc1ccc(N=Nc2cc(C)c(N=Nc3ccc(CS(=O)(=O)O)cc3)cc2OC)cc1. The fourth-order valence-electron chi connectivity index (χ4n) is 2.75. The van der Waals surface area contributed by atoms with Crippen LogP contribution in [0.25, 0.3) is 0 Å². The lowest BCUT2D eigenvalue weighted by atomic mass is 10.1. The van der Waals surface area contributed by atoms with E-state index in [9.17, 15) is 8.42 Å². The minimum absolute atomic E-state index is 0.451. The Morgan fingerprint density at radius 1 is 0.781 bits per heavy atom. The molecule has 0 heterocycles. The summed E-state index contributed by atoms with van der Waals surface area (Å²) < 4.78 is 41.4. The Morgan fingerprint density at radius 2 is 1.34 bits per heavy atom. The highest BCUT2D eigenvalue weighted by Gasteiger charge is 2.09. The molecular weight excluding hydrogens is 432 g/mol. The molecular formula is C22H22N4O5S. The van der Waals surface area contributed by atoms with Crippen LogP contribution in [0.2, 0.25) is 0 Å². The van der Waals surface area contributed by atoms with Crippen molar-refractivity contribution in [1.29, 1.82) is 0 Å². The monoisotopic (exact) mass is 454 g/mol. The number of benzene rings is 3. The predicted octanol–water partition coefficient (Wildman–Crippen LogP) is 6.23. The van der Waals surface area contributed by atoms with E-state index in [-0.39, 0.29) is 0 Å². The van der Waals surface area contributed by atoms with Gasteiger partial charge in [0.15, 0.2) is 0 Å². The second-order valence-electron chi connectivity index (χ2n) is 6.80. The van der Waals surface area contributed by atoms with Crippen LogP contribution in [0.1, 0.15) is 11.1 Å². The number of methoxy groups -OCH3 is 2. The van der Waals surface area contributed by atoms with Gasteiger partial charge in [0.25, 0.3) is 10.1 Å². The molecule has 0 amide bonds. The third-order valence-corrected chi connectivity index (χ3v) is 5.10. The summed E-state index contributed by atoms with van der Waals surface area (Å²) >= 11 is 0. The molecule has 0 radical (unpaired) electrons. The highest BCUT2D eigenvalue weighted by molar-refractivity contribution is 7.85. The van der Waals surface area contributed by atoms with Gasteiger partial charge in [0.05, 0.1) is 31.3 Å². The van der Waals surface area contributed by atoms with Gasteiger partial charge in [-0.1, -0.05) is 12.1 Å². The summed E-state index contributed by atoms with van der Waals surface area (Å²) in [6, 6.07) is 17.1. The van der Waals surface area contributed by atoms with Crippen LogP contribution >= 0.6 is 0 Å². The zero-order chi connectivity index (χ0) is 23.1. The maximum atomic E-state index is 11.0. The highest BCUT2D eigenvalue weighted by atomic mass is 32.2. The third kappa shape index (κ3) is 6.43. The maximum absolute atomic E-state index is 11.0. The summed E-state index contributed by atoms with van der Waals surface area (Å²) in [5.74, 6) is 0.776. The van der Waals surface area contributed by atoms with Crippen LogP contribution < -0.4 is 9.47 Å². The fourth-order valence-corrected chi connectivity index (χ4v) is 3.37. The van der Waals surface area contributed by atoms with Gasteiger partial charge in [-0.2, -0.15) is 23.8 Å². The van der Waals surface area contributed by atoms with E-state index in [0.29, 0.717) is 34.1 Å². The van der Waals surface area contributed by atoms with Crippen LogP contribution in [-0.4, -0.2) is 27.2 Å². The van der Waals surface area contributed by atoms with Crippen LogP contribution in [0.5, 0.6) is 11.5 Å². The third-order valence-electron chi connectivity index (χ3n) is 4.40. The average Bonchev–Trinajstić information content (AvgIpc) is 2.77. The Kier molecular flexibility index (Phi) is 7.29. The molecule has 0 saturated heterocycles. The molecule has 32 heavy (non-hydrogen) atoms. The molecule has 0 bridgehead atoms. The smallest absolute Gasteiger partial charge is 0.269 e. The first-order valence-corrected chi connectivity index (χ1v) is 11.1. The number of aryl methyl sites for hydroxylation is 1. The van der Waals surface area contributed by atoms with Gasteiger partial charge in [-0.05, 0) is 60.5 Å². The lowest BCUT2D eigenvalue weighted by molar-refractivity contribution is 0.414. The van der Waals surface area contributed by atoms with E-state index < -0.39 is 15.9 Å². The molecule has 0 aliphatic carbocycles. The van der Waals surface area contributed by atoms with Crippen LogP contribution in [0, 0.1) is 6.92 Å². The Bertz CT molecular complexity index is 1240. The topological polar surface area (TPSA) is 122 Å². The molecule has 166 valence electrons. The van der Waals surface area contributed by atoms with Gasteiger partial charge in [0, 0.05) is 6.07 Å². The number of rotatable bonds is 8. The Balaban J connectivity index is 1.78. The molecule has 0 fully saturated rings. The summed E-state index contributed by atoms with van der Waals surface area (Å²) in [4.78, 5) is 0. The van der Waals surface area contributed by atoms with Gasteiger partial charge in [0.1, 0.15) is 22.9 Å². The van der Waals surface area contributed by atoms with Crippen molar-refractivity contribution < 1.29 is 22.4 Å². The molecule has 0 spiro atoms. The van der Waals surface area contributed by atoms with Crippen molar-refractivity contribution in [3.05, 3.63) is 71.8 Å². The Labute approximate surface area is 186 Å². The Morgan fingerprint density at radius 3 is 1.88 bits per heavy atom. The quantitative estimate of drug-likeness (QED) is 0.319. The van der Waals surface area contributed by atoms with Crippen molar-refractivity contribution in [2.75, 3.05) is 14.2 Å². The zero-order valence-corrected chi connectivity index (χ0v) is 18.6. The van der Waals surface area contributed by atoms with Crippen LogP contribution in [0.4, 0.5) is 22.7 Å². The van der Waals surface area contributed by atoms with Crippen molar-refractivity contribution in [1.82, 2.24) is 0 Å². The number of hydrogen-bond acceptors (Lipinski definition) is 8. The molecule has 1 N–H and O–H groups in total. The minimum atomic E-state index is -4.08. The molecule has 0 unspecified atom stereocenters. The molecule has 0 aliphatic rings. The zero-order valence-electron chi connectivity index (χ0n) is 17.8. The lowest BCUT2D eigenvalue weighted by Gasteiger charge is -2.07. The summed E-state index contributed by atoms with van der Waals surface area (Å²) in [5, 5.41) is 17.0. The summed E-state index contributed by atoms with van der Waals surface area (Å²) in [5.41, 5.74) is 3.62. The highest BCUT2D eigenvalue weighted by Crippen LogP contribution is 2.36. The summed E-state index contributed by atoms with van der Waals surface area (Å²) in [7, 11) is -0.946. The first-order chi connectivity index (χ1) is 15.3. The van der Waals surface area contributed by atoms with Crippen LogP contribution in [0.15, 0.2) is 81.1 Å². The molecule has 3 aromatic rings. The Hall–Kier alpha value is -3.63. The number of hydrogen-bond donors (Lipinski definition) is 1. The van der Waals surface area contributed by atoms with E-state index in [0.717, 1.165) is 11.3 Å². The summed E-state index contributed by atoms with van der Waals surface area (Å²) in [6.07, 6.45) is 0. The molecule has 9 nitrogen and oxygen atoms in total. The van der Waals surface area contributed by atoms with Crippen molar-refractivity contribution in [3.8, 4) is 11.5 Å². The van der Waals surface area contributed by atoms with Gasteiger partial charge in [0.2, 0.25) is 0 Å². The van der Waals surface area contributed by atoms with Gasteiger partial charge in [-0.25, -0.2) is 0 Å². The van der Waals surface area contributed by atoms with Crippen LogP contribution in [0.3, 0.4) is 0 Å². The number of ether oxygens (including phenoxy) is 2. The first kappa shape index (κ1) is 23.0. The molecule has 0 aliphatic heterocycles. The van der Waals surface area contributed by atoms with Crippen molar-refractivity contribution in [2.45, 2.75) is 12.7 Å². The largest absolute Gasteiger partial charge is 0.497 e. The predicted molar refractivity (Wildman–Crippen MR) is 121 cm³/mol. The average molecular weight is 455 g/mol. The van der Waals surface area contributed by atoms with E-state index in [2.05, 4.69) is 20.5 Å². The van der Waals surface area contributed by atoms with E-state index in [1.54, 1.807) is 67.8 Å². The second kappa shape index (κ2) is 10.1. The standard InChI is InChI=1S/C22H22N4O5S/c1-15-12-21(26-24-18-8-10-19(30-2)11-9-18)22(31-3)13-20(15)25-23-17-6-4-16(5-7-17)14-32(27,28)29/h4-13H,14H2,1-3H3,(H,27,28,29). The van der Waals surface area contributed by atoms with Crippen LogP contribution in [-0.2, 0) is 15.9 Å². The number of azo groups is 2. The molecule has 3 rings (SSSR count). The minimum Gasteiger partial charge on any atom is -0.497 e. The normalized spacial score (nSPS) is 11.9. The van der Waals surface area contributed by atoms with Gasteiger partial charge in [-0.3, -0.25) is 4.55 Å². The maximum Gasteiger partial charge on any atom is 0.269 e.